The van der Waals surface area contributed by atoms with E-state index in [-0.39, 0.29) is 5.41 Å². The number of hydrogen-bond acceptors (Lipinski definition) is 1. The zero-order chi connectivity index (χ0) is 15.7. The van der Waals surface area contributed by atoms with Gasteiger partial charge < -0.3 is 5.11 Å². The largest absolute Gasteiger partial charge is 0.389 e. The molecule has 0 aromatic carbocycles. The predicted molar refractivity (Wildman–Crippen MR) is 91.2 cm³/mol. The first-order valence-corrected chi connectivity index (χ1v) is 8.47. The van der Waals surface area contributed by atoms with Gasteiger partial charge in [0.25, 0.3) is 0 Å². The summed E-state index contributed by atoms with van der Waals surface area (Å²) in [4.78, 5) is 0. The van der Waals surface area contributed by atoms with Gasteiger partial charge in [-0.15, -0.1) is 0 Å². The molecule has 2 bridgehead atoms. The first-order valence-electron chi connectivity index (χ1n) is 8.47. The molecule has 1 fully saturated rings. The maximum atomic E-state index is 11.3. The molecule has 1 nitrogen and oxygen atoms in total. The third-order valence-corrected chi connectivity index (χ3v) is 6.07. The van der Waals surface area contributed by atoms with Gasteiger partial charge in [0.2, 0.25) is 0 Å². The third kappa shape index (κ3) is 3.34. The molecule has 1 heteroatoms. The van der Waals surface area contributed by atoms with Gasteiger partial charge in [0.15, 0.2) is 0 Å². The SMILES string of the molecule is C=C1CC[C@]2(O)C/C=C(\C)CC/C=C(\C)CC[C@H]1C2(C)C. The van der Waals surface area contributed by atoms with Crippen molar-refractivity contribution in [3.8, 4) is 0 Å². The molecule has 1 saturated carbocycles. The molecule has 2 aliphatic carbocycles. The Labute approximate surface area is 130 Å². The average molecular weight is 288 g/mol. The Bertz CT molecular complexity index is 466. The van der Waals surface area contributed by atoms with Crippen LogP contribution in [0.25, 0.3) is 0 Å². The van der Waals surface area contributed by atoms with E-state index in [0.717, 1.165) is 44.9 Å². The molecule has 2 rings (SSSR count). The zero-order valence-corrected chi connectivity index (χ0v) is 14.3. The topological polar surface area (TPSA) is 20.2 Å². The van der Waals surface area contributed by atoms with Crippen molar-refractivity contribution < 1.29 is 5.11 Å². The van der Waals surface area contributed by atoms with Crippen molar-refractivity contribution in [3.63, 3.8) is 0 Å². The lowest BCUT2D eigenvalue weighted by atomic mass is 9.56. The number of rotatable bonds is 0. The van der Waals surface area contributed by atoms with E-state index in [9.17, 15) is 5.11 Å². The minimum atomic E-state index is -0.586. The Morgan fingerprint density at radius 2 is 1.76 bits per heavy atom. The first-order chi connectivity index (χ1) is 9.76. The van der Waals surface area contributed by atoms with Crippen LogP contribution in [0.4, 0.5) is 0 Å². The standard InChI is InChI=1S/C20H32O/c1-15-7-6-8-16(2)11-13-20(21)14-12-17(3)18(10-9-15)19(20,4)5/h7,11,18,21H,3,6,8-10,12-14H2,1-2,4-5H3/b15-7+,16-11+/t18-,20-/m1/s1. The van der Waals surface area contributed by atoms with Gasteiger partial charge in [-0.3, -0.25) is 0 Å². The van der Waals surface area contributed by atoms with Gasteiger partial charge in [0.1, 0.15) is 0 Å². The second-order valence-electron chi connectivity index (χ2n) is 7.85. The van der Waals surface area contributed by atoms with Crippen molar-refractivity contribution in [2.24, 2.45) is 11.3 Å². The molecule has 0 radical (unpaired) electrons. The van der Waals surface area contributed by atoms with Gasteiger partial charge in [-0.1, -0.05) is 49.3 Å². The highest BCUT2D eigenvalue weighted by Crippen LogP contribution is 2.53. The van der Waals surface area contributed by atoms with Crippen LogP contribution in [0.1, 0.15) is 72.6 Å². The molecule has 0 amide bonds. The highest BCUT2D eigenvalue weighted by atomic mass is 16.3. The van der Waals surface area contributed by atoms with Crippen LogP contribution in [0.2, 0.25) is 0 Å². The Morgan fingerprint density at radius 3 is 2.48 bits per heavy atom. The van der Waals surface area contributed by atoms with Crippen LogP contribution in [0.15, 0.2) is 35.5 Å². The molecule has 2 aliphatic rings. The molecule has 0 saturated heterocycles. The quantitative estimate of drug-likeness (QED) is 0.578. The van der Waals surface area contributed by atoms with Crippen LogP contribution in [0, 0.1) is 11.3 Å². The molecule has 2 atom stereocenters. The summed E-state index contributed by atoms with van der Waals surface area (Å²) in [5.41, 5.74) is 3.55. The minimum absolute atomic E-state index is 0.0986. The summed E-state index contributed by atoms with van der Waals surface area (Å²) >= 11 is 0. The number of allylic oxidation sites excluding steroid dienone is 4. The molecule has 1 N–H and O–H groups in total. The fourth-order valence-electron chi connectivity index (χ4n) is 4.09. The van der Waals surface area contributed by atoms with Crippen molar-refractivity contribution >= 4 is 0 Å². The summed E-state index contributed by atoms with van der Waals surface area (Å²) < 4.78 is 0. The van der Waals surface area contributed by atoms with Crippen molar-refractivity contribution in [1.29, 1.82) is 0 Å². The predicted octanol–water partition coefficient (Wildman–Crippen LogP) is 5.57. The smallest absolute Gasteiger partial charge is 0.0741 e. The Hall–Kier alpha value is -0.820. The lowest BCUT2D eigenvalue weighted by molar-refractivity contribution is -0.109. The van der Waals surface area contributed by atoms with E-state index >= 15 is 0 Å². The molecule has 0 spiro atoms. The van der Waals surface area contributed by atoms with E-state index in [1.165, 1.54) is 16.7 Å². The lowest BCUT2D eigenvalue weighted by Crippen LogP contribution is -2.52. The summed E-state index contributed by atoms with van der Waals surface area (Å²) in [5, 5.41) is 11.3. The fraction of sp³-hybridized carbons (Fsp3) is 0.700. The highest BCUT2D eigenvalue weighted by molar-refractivity contribution is 5.20. The summed E-state index contributed by atoms with van der Waals surface area (Å²) in [6.07, 6.45) is 11.8. The van der Waals surface area contributed by atoms with Crippen molar-refractivity contribution in [1.82, 2.24) is 0 Å². The highest BCUT2D eigenvalue weighted by Gasteiger charge is 2.50. The van der Waals surface area contributed by atoms with Crippen LogP contribution in [0.5, 0.6) is 0 Å². The van der Waals surface area contributed by atoms with E-state index < -0.39 is 5.60 Å². The van der Waals surface area contributed by atoms with Gasteiger partial charge in [-0.25, -0.2) is 0 Å². The molecular formula is C20H32O. The Kier molecular flexibility index (Phi) is 4.82. The second-order valence-corrected chi connectivity index (χ2v) is 7.85. The normalized spacial score (nSPS) is 39.3. The van der Waals surface area contributed by atoms with E-state index in [2.05, 4.69) is 46.4 Å². The third-order valence-electron chi connectivity index (χ3n) is 6.07. The Balaban J connectivity index is 2.36. The van der Waals surface area contributed by atoms with E-state index in [1.807, 2.05) is 0 Å². The molecule has 0 aromatic heterocycles. The van der Waals surface area contributed by atoms with Gasteiger partial charge >= 0.3 is 0 Å². The number of aliphatic hydroxyl groups is 1. The first kappa shape index (κ1) is 16.5. The summed E-state index contributed by atoms with van der Waals surface area (Å²) in [7, 11) is 0. The molecule has 0 aliphatic heterocycles. The zero-order valence-electron chi connectivity index (χ0n) is 14.3. The molecule has 0 heterocycles. The molecule has 0 unspecified atom stereocenters. The summed E-state index contributed by atoms with van der Waals surface area (Å²) in [5.74, 6) is 0.424. The van der Waals surface area contributed by atoms with Crippen LogP contribution >= 0.6 is 0 Å². The lowest BCUT2D eigenvalue weighted by Gasteiger charge is -2.52. The van der Waals surface area contributed by atoms with Crippen LogP contribution in [0.3, 0.4) is 0 Å². The van der Waals surface area contributed by atoms with Gasteiger partial charge in [-0.05, 0) is 64.7 Å². The maximum absolute atomic E-state index is 11.3. The second kappa shape index (κ2) is 6.12. The maximum Gasteiger partial charge on any atom is 0.0741 e. The van der Waals surface area contributed by atoms with Crippen LogP contribution in [-0.4, -0.2) is 10.7 Å². The van der Waals surface area contributed by atoms with E-state index in [4.69, 9.17) is 0 Å². The monoisotopic (exact) mass is 288 g/mol. The summed E-state index contributed by atoms with van der Waals surface area (Å²) in [6.45, 7) is 13.3. The van der Waals surface area contributed by atoms with Gasteiger partial charge in [0.05, 0.1) is 5.60 Å². The fourth-order valence-corrected chi connectivity index (χ4v) is 4.09. The molecule has 21 heavy (non-hydrogen) atoms. The molecule has 118 valence electrons. The van der Waals surface area contributed by atoms with E-state index in [0.29, 0.717) is 5.92 Å². The van der Waals surface area contributed by atoms with Gasteiger partial charge in [-0.2, -0.15) is 0 Å². The van der Waals surface area contributed by atoms with Gasteiger partial charge in [0, 0.05) is 5.41 Å². The van der Waals surface area contributed by atoms with E-state index in [1.54, 1.807) is 0 Å². The average Bonchev–Trinajstić information content (AvgIpc) is 2.40. The number of hydrogen-bond donors (Lipinski definition) is 1. The molecule has 0 aromatic rings. The van der Waals surface area contributed by atoms with Crippen molar-refractivity contribution in [2.75, 3.05) is 0 Å². The van der Waals surface area contributed by atoms with Crippen molar-refractivity contribution in [3.05, 3.63) is 35.5 Å². The molecular weight excluding hydrogens is 256 g/mol. The van der Waals surface area contributed by atoms with Crippen molar-refractivity contribution in [2.45, 2.75) is 78.2 Å². The number of fused-ring (bicyclic) bond motifs is 2. The Morgan fingerprint density at radius 1 is 1.10 bits per heavy atom. The minimum Gasteiger partial charge on any atom is -0.389 e. The van der Waals surface area contributed by atoms with Crippen LogP contribution in [-0.2, 0) is 0 Å². The summed E-state index contributed by atoms with van der Waals surface area (Å²) in [6, 6.07) is 0. The van der Waals surface area contributed by atoms with Crippen LogP contribution < -0.4 is 0 Å².